The van der Waals surface area contributed by atoms with Crippen molar-refractivity contribution in [3.63, 3.8) is 0 Å². The van der Waals surface area contributed by atoms with Crippen LogP contribution >= 0.6 is 0 Å². The quantitative estimate of drug-likeness (QED) is 0.167. The van der Waals surface area contributed by atoms with E-state index in [0.29, 0.717) is 0 Å². The molecule has 0 unspecified atom stereocenters. The molecule has 0 aliphatic carbocycles. The molecule has 0 spiro atoms. The molecule has 1 heterocycles. The van der Waals surface area contributed by atoms with Gasteiger partial charge in [0.05, 0.1) is 11.4 Å². The van der Waals surface area contributed by atoms with E-state index < -0.39 is 0 Å². The van der Waals surface area contributed by atoms with Gasteiger partial charge >= 0.3 is 0 Å². The van der Waals surface area contributed by atoms with Gasteiger partial charge in [0.25, 0.3) is 0 Å². The smallest absolute Gasteiger partial charge is 0.0509 e. The largest absolute Gasteiger partial charge is 0.310 e. The molecule has 0 saturated carbocycles. The van der Waals surface area contributed by atoms with Gasteiger partial charge in [0.1, 0.15) is 0 Å². The lowest BCUT2D eigenvalue weighted by molar-refractivity contribution is 0.633. The fourth-order valence-electron chi connectivity index (χ4n) is 8.57. The van der Waals surface area contributed by atoms with Crippen LogP contribution < -0.4 is 9.80 Å². The number of hydrogen-bond donors (Lipinski definition) is 0. The average Bonchev–Trinajstić information content (AvgIpc) is 3.22. The van der Waals surface area contributed by atoms with Crippen molar-refractivity contribution in [2.75, 3.05) is 9.80 Å². The minimum Gasteiger partial charge on any atom is -0.310 e. The maximum atomic E-state index is 2.49. The molecule has 9 aromatic carbocycles. The van der Waals surface area contributed by atoms with Crippen molar-refractivity contribution in [1.82, 2.24) is 0 Å². The zero-order chi connectivity index (χ0) is 35.5. The molecule has 10 rings (SSSR count). The Bertz CT molecular complexity index is 2790. The summed E-state index contributed by atoms with van der Waals surface area (Å²) in [6, 6.07) is 70.8. The summed E-state index contributed by atoms with van der Waals surface area (Å²) >= 11 is 0. The van der Waals surface area contributed by atoms with Gasteiger partial charge in [-0.3, -0.25) is 0 Å². The van der Waals surface area contributed by atoms with E-state index in [4.69, 9.17) is 0 Å². The average molecular weight is 679 g/mol. The second-order valence-corrected chi connectivity index (χ2v) is 14.6. The predicted molar refractivity (Wildman–Crippen MR) is 226 cm³/mol. The number of para-hydroxylation sites is 2. The van der Waals surface area contributed by atoms with E-state index in [2.05, 4.69) is 218 Å². The maximum absolute atomic E-state index is 2.49. The van der Waals surface area contributed by atoms with Gasteiger partial charge in [0.15, 0.2) is 0 Å². The summed E-state index contributed by atoms with van der Waals surface area (Å²) in [6.07, 6.45) is 0. The van der Waals surface area contributed by atoms with E-state index in [9.17, 15) is 0 Å². The first-order valence-corrected chi connectivity index (χ1v) is 18.4. The van der Waals surface area contributed by atoms with Gasteiger partial charge in [0, 0.05) is 28.2 Å². The molecule has 9 aromatic rings. The van der Waals surface area contributed by atoms with Crippen molar-refractivity contribution in [1.29, 1.82) is 0 Å². The minimum absolute atomic E-state index is 0.299. The highest BCUT2D eigenvalue weighted by molar-refractivity contribution is 6.26. The Labute approximate surface area is 310 Å². The molecule has 0 fully saturated rings. The number of benzene rings is 9. The lowest BCUT2D eigenvalue weighted by Gasteiger charge is -2.43. The molecular weight excluding hydrogens is 641 g/mol. The predicted octanol–water partition coefficient (Wildman–Crippen LogP) is 14.4. The van der Waals surface area contributed by atoms with Crippen molar-refractivity contribution >= 4 is 66.4 Å². The Morgan fingerprint density at radius 2 is 0.811 bits per heavy atom. The van der Waals surface area contributed by atoms with Gasteiger partial charge in [-0.25, -0.2) is 0 Å². The number of nitrogens with zero attached hydrogens (tertiary/aromatic N) is 2. The molecule has 0 amide bonds. The molecular formula is C51H38N2. The Hall–Kier alpha value is -6.64. The molecule has 0 radical (unpaired) electrons. The maximum Gasteiger partial charge on any atom is 0.0509 e. The van der Waals surface area contributed by atoms with Gasteiger partial charge in [-0.15, -0.1) is 0 Å². The summed E-state index contributed by atoms with van der Waals surface area (Å²) in [6.45, 7) is 4.79. The molecule has 2 nitrogen and oxygen atoms in total. The van der Waals surface area contributed by atoms with Crippen LogP contribution in [-0.2, 0) is 5.41 Å². The van der Waals surface area contributed by atoms with Crippen LogP contribution in [0.15, 0.2) is 194 Å². The Balaban J connectivity index is 1.20. The van der Waals surface area contributed by atoms with Crippen LogP contribution in [0, 0.1) is 0 Å². The molecule has 53 heavy (non-hydrogen) atoms. The fourth-order valence-corrected chi connectivity index (χ4v) is 8.57. The summed E-state index contributed by atoms with van der Waals surface area (Å²) in [5, 5.41) is 7.74. The Morgan fingerprint density at radius 1 is 0.358 bits per heavy atom. The van der Waals surface area contributed by atoms with Crippen molar-refractivity contribution < 1.29 is 0 Å². The van der Waals surface area contributed by atoms with Gasteiger partial charge in [-0.2, -0.15) is 0 Å². The topological polar surface area (TPSA) is 6.48 Å². The van der Waals surface area contributed by atoms with Gasteiger partial charge < -0.3 is 9.80 Å². The van der Waals surface area contributed by atoms with Gasteiger partial charge in [-0.05, 0) is 121 Å². The summed E-state index contributed by atoms with van der Waals surface area (Å²) in [7, 11) is 0. The van der Waals surface area contributed by atoms with Crippen LogP contribution in [0.3, 0.4) is 0 Å². The zero-order valence-electron chi connectivity index (χ0n) is 29.9. The van der Waals surface area contributed by atoms with E-state index in [1.165, 1.54) is 65.9 Å². The number of anilines is 6. The molecule has 2 heteroatoms. The lowest BCUT2D eigenvalue weighted by atomic mass is 9.72. The van der Waals surface area contributed by atoms with E-state index in [0.717, 1.165) is 22.7 Å². The van der Waals surface area contributed by atoms with E-state index in [1.807, 2.05) is 0 Å². The third-order valence-electron chi connectivity index (χ3n) is 11.2. The first-order chi connectivity index (χ1) is 26.1. The van der Waals surface area contributed by atoms with Crippen LogP contribution in [0.25, 0.3) is 43.4 Å². The van der Waals surface area contributed by atoms with Gasteiger partial charge in [-0.1, -0.05) is 141 Å². The van der Waals surface area contributed by atoms with Crippen LogP contribution in [0.1, 0.15) is 25.0 Å². The van der Waals surface area contributed by atoms with Crippen molar-refractivity contribution in [2.45, 2.75) is 19.3 Å². The summed E-state index contributed by atoms with van der Waals surface area (Å²) in [5.41, 5.74) is 11.7. The van der Waals surface area contributed by atoms with Crippen molar-refractivity contribution in [3.8, 4) is 11.1 Å². The molecule has 0 aromatic heterocycles. The molecule has 0 N–H and O–H groups in total. The molecule has 1 aliphatic heterocycles. The van der Waals surface area contributed by atoms with Crippen LogP contribution in [-0.4, -0.2) is 0 Å². The van der Waals surface area contributed by atoms with Crippen LogP contribution in [0.5, 0.6) is 0 Å². The fraction of sp³-hybridized carbons (Fsp3) is 0.0588. The Kier molecular flexibility index (Phi) is 7.19. The second-order valence-electron chi connectivity index (χ2n) is 14.6. The minimum atomic E-state index is -0.299. The molecule has 1 aliphatic rings. The van der Waals surface area contributed by atoms with Crippen LogP contribution in [0.2, 0.25) is 0 Å². The Morgan fingerprint density at radius 3 is 1.43 bits per heavy atom. The molecule has 252 valence electrons. The third-order valence-corrected chi connectivity index (χ3v) is 11.2. The van der Waals surface area contributed by atoms with Crippen molar-refractivity contribution in [2.24, 2.45) is 0 Å². The zero-order valence-corrected chi connectivity index (χ0v) is 29.9. The highest BCUT2D eigenvalue weighted by Gasteiger charge is 2.38. The summed E-state index contributed by atoms with van der Waals surface area (Å²) < 4.78 is 0. The van der Waals surface area contributed by atoms with Crippen LogP contribution in [0.4, 0.5) is 34.1 Å². The highest BCUT2D eigenvalue weighted by Crippen LogP contribution is 2.55. The number of rotatable bonds is 5. The molecule has 0 bridgehead atoms. The number of hydrogen-bond acceptors (Lipinski definition) is 2. The first-order valence-electron chi connectivity index (χ1n) is 18.4. The number of fused-ring (bicyclic) bond motifs is 8. The normalized spacial score (nSPS) is 13.2. The van der Waals surface area contributed by atoms with E-state index >= 15 is 0 Å². The second kappa shape index (κ2) is 12.3. The highest BCUT2D eigenvalue weighted by atomic mass is 15.2. The summed E-state index contributed by atoms with van der Waals surface area (Å²) in [4.78, 5) is 4.86. The summed E-state index contributed by atoms with van der Waals surface area (Å²) in [5.74, 6) is 0. The standard InChI is InChI=1S/C51H38N2/c1-51(2)47-32-40(52(37-18-8-4-9-19-37)39-28-26-36(27-29-39)35-16-6-3-7-17-35)30-31-49(47)53(38-20-10-5-11-21-38)50-34-46-44-25-15-13-23-42(44)41-22-12-14-24-43(41)45(46)33-48(50)51/h3-34H,1-2H3. The first kappa shape index (κ1) is 31.1. The SMILES string of the molecule is CC1(C)c2cc(N(c3ccccc3)c3ccc(-c4ccccc4)cc3)ccc2N(c2ccccc2)c2cc3c4ccccc4c4ccccc4c3cc21. The molecule has 0 saturated heterocycles. The van der Waals surface area contributed by atoms with Gasteiger partial charge in [0.2, 0.25) is 0 Å². The van der Waals surface area contributed by atoms with E-state index in [-0.39, 0.29) is 5.41 Å². The van der Waals surface area contributed by atoms with E-state index in [1.54, 1.807) is 0 Å². The third kappa shape index (κ3) is 5.02. The molecule has 0 atom stereocenters. The lowest BCUT2D eigenvalue weighted by Crippen LogP contribution is -2.31. The monoisotopic (exact) mass is 678 g/mol. The van der Waals surface area contributed by atoms with Crippen molar-refractivity contribution in [3.05, 3.63) is 205 Å².